The maximum absolute atomic E-state index is 8.74. The van der Waals surface area contributed by atoms with Crippen LogP contribution >= 0.6 is 0 Å². The zero-order valence-corrected chi connectivity index (χ0v) is 12.2. The van der Waals surface area contributed by atoms with E-state index >= 15 is 0 Å². The molecule has 0 aliphatic rings. The predicted molar refractivity (Wildman–Crippen MR) is 77.2 cm³/mol. The predicted octanol–water partition coefficient (Wildman–Crippen LogP) is -6.14. The molecule has 0 rings (SSSR count). The van der Waals surface area contributed by atoms with Gasteiger partial charge in [-0.2, -0.15) is 0 Å². The van der Waals surface area contributed by atoms with Gasteiger partial charge in [0.25, 0.3) is 0 Å². The van der Waals surface area contributed by atoms with E-state index in [0.29, 0.717) is 19.6 Å². The van der Waals surface area contributed by atoms with Gasteiger partial charge in [0.05, 0.1) is 19.8 Å². The molecule has 0 atom stereocenters. The van der Waals surface area contributed by atoms with Crippen molar-refractivity contribution in [3.05, 3.63) is 0 Å². The van der Waals surface area contributed by atoms with Gasteiger partial charge >= 0.3 is 32.2 Å². The molecule has 0 radical (unpaired) electrons. The summed E-state index contributed by atoms with van der Waals surface area (Å²) in [6.45, 7) is 1.42. The van der Waals surface area contributed by atoms with Gasteiger partial charge in [-0.25, -0.2) is 0 Å². The Hall–Kier alpha value is 0.676. The maximum Gasteiger partial charge on any atom is 2.00 e. The molecule has 0 aliphatic heterocycles. The van der Waals surface area contributed by atoms with Gasteiger partial charge in [-0.05, 0) is 0 Å². The van der Waals surface area contributed by atoms with Crippen LogP contribution in [0.25, 0.3) is 0 Å². The topological polar surface area (TPSA) is 196 Å². The smallest absolute Gasteiger partial charge is 1.00 e. The van der Waals surface area contributed by atoms with Gasteiger partial charge < -0.3 is 45.0 Å². The summed E-state index contributed by atoms with van der Waals surface area (Å²) < 4.78 is 8.74. The van der Waals surface area contributed by atoms with E-state index in [-0.39, 0.29) is 63.1 Å². The maximum atomic E-state index is 8.74. The summed E-state index contributed by atoms with van der Waals surface area (Å²) in [6.07, 6.45) is 0. The third-order valence-electron chi connectivity index (χ3n) is 0.387. The SMILES string of the molecule is NCCO.NCCO.NCCO.O=[Si](O)O.[AlH3].[H-].[H-].[Mg+2]. The molecule has 0 unspecified atom stereocenters. The fourth-order valence-corrected chi connectivity index (χ4v) is 0. The molecule has 9 nitrogen and oxygen atoms in total. The quantitative estimate of drug-likeness (QED) is 0.233. The minimum absolute atomic E-state index is 0. The summed E-state index contributed by atoms with van der Waals surface area (Å²) >= 11 is 0. The van der Waals surface area contributed by atoms with Crippen LogP contribution in [0, 0.1) is 0 Å². The normalized spacial score (nSPS) is 6.33. The second-order valence-electron chi connectivity index (χ2n) is 1.82. The van der Waals surface area contributed by atoms with Gasteiger partial charge in [0.1, 0.15) is 0 Å². The third kappa shape index (κ3) is 303. The van der Waals surface area contributed by atoms with Crippen molar-refractivity contribution in [2.75, 3.05) is 39.5 Å². The summed E-state index contributed by atoms with van der Waals surface area (Å²) in [4.78, 5) is 14.3. The Bertz CT molecular complexity index is 111. The molecule has 112 valence electrons. The zero-order chi connectivity index (χ0) is 13.8. The first-order valence-corrected chi connectivity index (χ1v) is 5.63. The Kier molecular flexibility index (Phi) is 106. The molecule has 0 bridgehead atoms. The number of aliphatic hydroxyl groups excluding tert-OH is 3. The monoisotopic (exact) mass is 317 g/mol. The first-order valence-electron chi connectivity index (χ1n) is 4.32. The Labute approximate surface area is 138 Å². The van der Waals surface area contributed by atoms with Crippen molar-refractivity contribution in [3.63, 3.8) is 0 Å². The van der Waals surface area contributed by atoms with Gasteiger partial charge in [0.2, 0.25) is 0 Å². The second-order valence-corrected chi connectivity index (χ2v) is 2.38. The number of rotatable bonds is 3. The Morgan fingerprint density at radius 1 is 0.833 bits per heavy atom. The molecule has 0 fully saturated rings. The fourth-order valence-electron chi connectivity index (χ4n) is 0. The molecule has 0 saturated carbocycles. The van der Waals surface area contributed by atoms with E-state index in [4.69, 9.17) is 46.6 Å². The van der Waals surface area contributed by atoms with E-state index in [2.05, 4.69) is 0 Å². The molecular weight excluding hydrogens is 289 g/mol. The minimum Gasteiger partial charge on any atom is -1.00 e. The molecule has 0 saturated heterocycles. The molecule has 0 amide bonds. The van der Waals surface area contributed by atoms with Crippen LogP contribution in [0.3, 0.4) is 0 Å². The standard InChI is InChI=1S/3C2H7NO.Al.Mg.H2O3Si.5H/c3*3-1-2-4;;;1-4(2)3;;;;;/h3*4H,1-3H2;;;1-2H;;;;;/q;;;;+2;;;;;2*-1. The van der Waals surface area contributed by atoms with E-state index in [0.717, 1.165) is 0 Å². The second kappa shape index (κ2) is 52.5. The Morgan fingerprint density at radius 2 is 0.889 bits per heavy atom. The van der Waals surface area contributed by atoms with Crippen molar-refractivity contribution in [3.8, 4) is 0 Å². The number of hydrogen-bond acceptors (Lipinski definition) is 7. The van der Waals surface area contributed by atoms with E-state index in [1.54, 1.807) is 0 Å². The molecule has 0 spiro atoms. The zero-order valence-electron chi connectivity index (χ0n) is 11.8. The largest absolute Gasteiger partial charge is 2.00 e. The molecule has 0 aromatic heterocycles. The van der Waals surface area contributed by atoms with E-state index in [1.165, 1.54) is 0 Å². The summed E-state index contributed by atoms with van der Waals surface area (Å²) in [5.41, 5.74) is 14.3. The van der Waals surface area contributed by atoms with E-state index < -0.39 is 9.17 Å². The van der Waals surface area contributed by atoms with Crippen LogP contribution in [-0.2, 0) is 4.46 Å². The molecule has 0 aliphatic carbocycles. The molecular formula is C6H28AlMgN3O6Si. The molecule has 0 heterocycles. The molecule has 18 heavy (non-hydrogen) atoms. The summed E-state index contributed by atoms with van der Waals surface area (Å²) in [5.74, 6) is 0. The molecule has 0 aromatic carbocycles. The van der Waals surface area contributed by atoms with Gasteiger partial charge in [-0.15, -0.1) is 0 Å². The van der Waals surface area contributed by atoms with Gasteiger partial charge in [-0.3, -0.25) is 4.46 Å². The van der Waals surface area contributed by atoms with Crippen molar-refractivity contribution in [1.29, 1.82) is 0 Å². The van der Waals surface area contributed by atoms with Crippen LogP contribution in [0.2, 0.25) is 0 Å². The van der Waals surface area contributed by atoms with Crippen LogP contribution in [0.5, 0.6) is 0 Å². The molecule has 12 heteroatoms. The van der Waals surface area contributed by atoms with Crippen LogP contribution in [0.1, 0.15) is 2.85 Å². The Balaban J connectivity index is -0.0000000150. The van der Waals surface area contributed by atoms with Crippen molar-refractivity contribution in [1.82, 2.24) is 0 Å². The van der Waals surface area contributed by atoms with Crippen molar-refractivity contribution in [2.45, 2.75) is 0 Å². The van der Waals surface area contributed by atoms with Crippen LogP contribution in [0.4, 0.5) is 0 Å². The average Bonchev–Trinajstić information content (AvgIpc) is 2.28. The van der Waals surface area contributed by atoms with Crippen LogP contribution in [0.15, 0.2) is 0 Å². The van der Waals surface area contributed by atoms with E-state index in [1.807, 2.05) is 0 Å². The molecule has 0 aromatic rings. The summed E-state index contributed by atoms with van der Waals surface area (Å²) in [7, 11) is -3.13. The Morgan fingerprint density at radius 3 is 0.889 bits per heavy atom. The van der Waals surface area contributed by atoms with Gasteiger partial charge in [0.15, 0.2) is 17.4 Å². The number of nitrogens with two attached hydrogens (primary N) is 3. The van der Waals surface area contributed by atoms with Gasteiger partial charge in [0, 0.05) is 19.6 Å². The van der Waals surface area contributed by atoms with Crippen molar-refractivity contribution in [2.24, 2.45) is 17.2 Å². The molecule has 11 N–H and O–H groups in total. The van der Waals surface area contributed by atoms with E-state index in [9.17, 15) is 0 Å². The van der Waals surface area contributed by atoms with Crippen molar-refractivity contribution >= 4 is 49.6 Å². The fraction of sp³-hybridized carbons (Fsp3) is 1.00. The van der Waals surface area contributed by atoms with Gasteiger partial charge in [-0.1, -0.05) is 0 Å². The summed E-state index contributed by atoms with van der Waals surface area (Å²) in [6, 6.07) is 0. The summed E-state index contributed by atoms with van der Waals surface area (Å²) in [5, 5.41) is 23.2. The average molecular weight is 318 g/mol. The van der Waals surface area contributed by atoms with Crippen LogP contribution in [-0.4, -0.2) is 114 Å². The first kappa shape index (κ1) is 36.3. The van der Waals surface area contributed by atoms with Crippen molar-refractivity contribution < 1.29 is 32.2 Å². The number of hydrogen-bond donors (Lipinski definition) is 8. The number of aliphatic hydroxyl groups is 3. The van der Waals surface area contributed by atoms with Crippen LogP contribution < -0.4 is 17.2 Å². The first-order chi connectivity index (χ1) is 7.47. The third-order valence-corrected chi connectivity index (χ3v) is 0.387. The minimum atomic E-state index is -3.13.